The Morgan fingerprint density at radius 1 is 1.25 bits per heavy atom. The van der Waals surface area contributed by atoms with Crippen molar-refractivity contribution in [2.24, 2.45) is 5.92 Å². The standard InChI is InChI=1S/C12H25BrN2O/c1-6-11(13)12(16)15(9-10(2)3)8-7-14(4)5/h10-11H,6-9H2,1-5H3. The third-order valence-corrected chi connectivity index (χ3v) is 3.38. The molecule has 1 atom stereocenters. The summed E-state index contributed by atoms with van der Waals surface area (Å²) >= 11 is 3.43. The summed E-state index contributed by atoms with van der Waals surface area (Å²) in [7, 11) is 4.06. The summed E-state index contributed by atoms with van der Waals surface area (Å²) in [6.07, 6.45) is 0.843. The van der Waals surface area contributed by atoms with E-state index in [1.54, 1.807) is 0 Å². The Morgan fingerprint density at radius 2 is 1.81 bits per heavy atom. The van der Waals surface area contributed by atoms with Crippen LogP contribution in [0.2, 0.25) is 0 Å². The molecular weight excluding hydrogens is 268 g/mol. The molecule has 0 bridgehead atoms. The van der Waals surface area contributed by atoms with Gasteiger partial charge in [0.1, 0.15) is 0 Å². The second-order valence-corrected chi connectivity index (χ2v) is 5.96. The largest absolute Gasteiger partial charge is 0.340 e. The second kappa shape index (κ2) is 8.07. The van der Waals surface area contributed by atoms with Crippen molar-refractivity contribution >= 4 is 21.8 Å². The van der Waals surface area contributed by atoms with Crippen LogP contribution in [-0.2, 0) is 4.79 Å². The molecule has 1 amide bonds. The fourth-order valence-electron chi connectivity index (χ4n) is 1.43. The topological polar surface area (TPSA) is 23.6 Å². The van der Waals surface area contributed by atoms with Gasteiger partial charge in [-0.05, 0) is 26.4 Å². The Morgan fingerprint density at radius 3 is 2.19 bits per heavy atom. The quantitative estimate of drug-likeness (QED) is 0.672. The van der Waals surface area contributed by atoms with Crippen LogP contribution in [0.1, 0.15) is 27.2 Å². The van der Waals surface area contributed by atoms with Gasteiger partial charge >= 0.3 is 0 Å². The van der Waals surface area contributed by atoms with E-state index in [1.807, 2.05) is 25.9 Å². The summed E-state index contributed by atoms with van der Waals surface area (Å²) < 4.78 is 0. The van der Waals surface area contributed by atoms with Gasteiger partial charge in [-0.1, -0.05) is 36.7 Å². The first-order valence-electron chi connectivity index (χ1n) is 5.96. The lowest BCUT2D eigenvalue weighted by Crippen LogP contribution is -2.42. The van der Waals surface area contributed by atoms with Crippen LogP contribution >= 0.6 is 15.9 Å². The van der Waals surface area contributed by atoms with Crippen LogP contribution in [0.15, 0.2) is 0 Å². The molecule has 0 aliphatic rings. The Balaban J connectivity index is 4.34. The Kier molecular flexibility index (Phi) is 8.02. The van der Waals surface area contributed by atoms with Crippen LogP contribution in [0.5, 0.6) is 0 Å². The first-order chi connectivity index (χ1) is 7.38. The zero-order chi connectivity index (χ0) is 12.7. The van der Waals surface area contributed by atoms with E-state index < -0.39 is 0 Å². The van der Waals surface area contributed by atoms with Crippen LogP contribution < -0.4 is 0 Å². The number of hydrogen-bond donors (Lipinski definition) is 0. The highest BCUT2D eigenvalue weighted by molar-refractivity contribution is 9.10. The molecule has 0 N–H and O–H groups in total. The molecule has 0 radical (unpaired) electrons. The van der Waals surface area contributed by atoms with Gasteiger partial charge < -0.3 is 9.80 Å². The number of nitrogens with zero attached hydrogens (tertiary/aromatic N) is 2. The average Bonchev–Trinajstić information content (AvgIpc) is 2.21. The number of carbonyl (C=O) groups excluding carboxylic acids is 1. The molecule has 0 aromatic rings. The van der Waals surface area contributed by atoms with Crippen molar-refractivity contribution < 1.29 is 4.79 Å². The predicted octanol–water partition coefficient (Wildman–Crippen LogP) is 2.21. The molecule has 1 unspecified atom stereocenters. The molecule has 3 nitrogen and oxygen atoms in total. The maximum absolute atomic E-state index is 12.1. The van der Waals surface area contributed by atoms with Gasteiger partial charge in [0.2, 0.25) is 5.91 Å². The summed E-state index contributed by atoms with van der Waals surface area (Å²) in [6, 6.07) is 0. The lowest BCUT2D eigenvalue weighted by molar-refractivity contribution is -0.131. The highest BCUT2D eigenvalue weighted by atomic mass is 79.9. The molecule has 0 aliphatic heterocycles. The molecule has 0 spiro atoms. The SMILES string of the molecule is CCC(Br)C(=O)N(CCN(C)C)CC(C)C. The fraction of sp³-hybridized carbons (Fsp3) is 0.917. The van der Waals surface area contributed by atoms with Crippen LogP contribution in [0.25, 0.3) is 0 Å². The second-order valence-electron chi connectivity index (χ2n) is 4.86. The lowest BCUT2D eigenvalue weighted by atomic mass is 10.2. The molecule has 96 valence electrons. The van der Waals surface area contributed by atoms with E-state index in [1.165, 1.54) is 0 Å². The molecule has 0 saturated heterocycles. The molecule has 4 heteroatoms. The van der Waals surface area contributed by atoms with E-state index in [9.17, 15) is 4.79 Å². The highest BCUT2D eigenvalue weighted by Gasteiger charge is 2.20. The molecule has 0 aromatic carbocycles. The van der Waals surface area contributed by atoms with Gasteiger partial charge in [0.15, 0.2) is 0 Å². The Hall–Kier alpha value is -0.0900. The molecular formula is C12H25BrN2O. The number of halogens is 1. The Labute approximate surface area is 108 Å². The molecule has 0 rings (SSSR count). The van der Waals surface area contributed by atoms with Crippen molar-refractivity contribution in [1.82, 2.24) is 9.80 Å². The first kappa shape index (κ1) is 15.9. The minimum absolute atomic E-state index is 0.0339. The molecule has 0 heterocycles. The molecule has 16 heavy (non-hydrogen) atoms. The van der Waals surface area contributed by atoms with Gasteiger partial charge in [0, 0.05) is 19.6 Å². The van der Waals surface area contributed by atoms with Gasteiger partial charge in [-0.3, -0.25) is 4.79 Å². The summed E-state index contributed by atoms with van der Waals surface area (Å²) in [6.45, 7) is 8.88. The van der Waals surface area contributed by atoms with Gasteiger partial charge in [0.25, 0.3) is 0 Å². The average molecular weight is 293 g/mol. The van der Waals surface area contributed by atoms with E-state index in [-0.39, 0.29) is 10.7 Å². The molecule has 0 aliphatic carbocycles. The van der Waals surface area contributed by atoms with Crippen LogP contribution in [0.3, 0.4) is 0 Å². The summed E-state index contributed by atoms with van der Waals surface area (Å²) in [4.78, 5) is 16.1. The number of carbonyl (C=O) groups is 1. The van der Waals surface area contributed by atoms with E-state index >= 15 is 0 Å². The van der Waals surface area contributed by atoms with Gasteiger partial charge in [-0.25, -0.2) is 0 Å². The van der Waals surface area contributed by atoms with Crippen LogP contribution in [0, 0.1) is 5.92 Å². The lowest BCUT2D eigenvalue weighted by Gasteiger charge is -2.27. The van der Waals surface area contributed by atoms with Gasteiger partial charge in [-0.15, -0.1) is 0 Å². The minimum atomic E-state index is -0.0339. The van der Waals surface area contributed by atoms with Crippen molar-refractivity contribution in [2.45, 2.75) is 32.0 Å². The third-order valence-electron chi connectivity index (χ3n) is 2.34. The summed E-state index contributed by atoms with van der Waals surface area (Å²) in [5, 5.41) is 0. The number of rotatable bonds is 7. The number of alkyl halides is 1. The Bertz CT molecular complexity index is 207. The van der Waals surface area contributed by atoms with Crippen molar-refractivity contribution in [3.63, 3.8) is 0 Å². The van der Waals surface area contributed by atoms with Gasteiger partial charge in [0.05, 0.1) is 4.83 Å². The van der Waals surface area contributed by atoms with E-state index in [0.717, 1.165) is 26.1 Å². The highest BCUT2D eigenvalue weighted by Crippen LogP contribution is 2.11. The smallest absolute Gasteiger partial charge is 0.236 e. The zero-order valence-corrected chi connectivity index (χ0v) is 12.7. The van der Waals surface area contributed by atoms with Crippen molar-refractivity contribution in [1.29, 1.82) is 0 Å². The van der Waals surface area contributed by atoms with Crippen molar-refractivity contribution in [2.75, 3.05) is 33.7 Å². The number of hydrogen-bond acceptors (Lipinski definition) is 2. The monoisotopic (exact) mass is 292 g/mol. The minimum Gasteiger partial charge on any atom is -0.340 e. The maximum Gasteiger partial charge on any atom is 0.236 e. The normalized spacial score (nSPS) is 13.2. The zero-order valence-electron chi connectivity index (χ0n) is 11.2. The first-order valence-corrected chi connectivity index (χ1v) is 6.87. The number of amides is 1. The third kappa shape index (κ3) is 6.48. The van der Waals surface area contributed by atoms with Crippen molar-refractivity contribution in [3.8, 4) is 0 Å². The predicted molar refractivity (Wildman–Crippen MR) is 73.0 cm³/mol. The fourth-order valence-corrected chi connectivity index (χ4v) is 1.72. The van der Waals surface area contributed by atoms with E-state index in [0.29, 0.717) is 5.92 Å². The molecule has 0 saturated carbocycles. The molecule has 0 fully saturated rings. The summed E-state index contributed by atoms with van der Waals surface area (Å²) in [5.41, 5.74) is 0. The van der Waals surface area contributed by atoms with Crippen LogP contribution in [-0.4, -0.2) is 54.3 Å². The van der Waals surface area contributed by atoms with E-state index in [2.05, 4.69) is 34.7 Å². The van der Waals surface area contributed by atoms with Crippen molar-refractivity contribution in [3.05, 3.63) is 0 Å². The number of likely N-dealkylation sites (N-methyl/N-ethyl adjacent to an activating group) is 1. The van der Waals surface area contributed by atoms with Gasteiger partial charge in [-0.2, -0.15) is 0 Å². The molecule has 0 aromatic heterocycles. The summed E-state index contributed by atoms with van der Waals surface area (Å²) in [5.74, 6) is 0.737. The maximum atomic E-state index is 12.1. The van der Waals surface area contributed by atoms with E-state index in [4.69, 9.17) is 0 Å². The van der Waals surface area contributed by atoms with Crippen LogP contribution in [0.4, 0.5) is 0 Å².